The largest absolute Gasteiger partial charge is 0.314 e. The summed E-state index contributed by atoms with van der Waals surface area (Å²) in [6.07, 6.45) is 0. The first-order valence-corrected chi connectivity index (χ1v) is 5.71. The van der Waals surface area contributed by atoms with Crippen LogP contribution in [-0.2, 0) is 6.54 Å². The third-order valence-electron chi connectivity index (χ3n) is 2.76. The zero-order valence-electron chi connectivity index (χ0n) is 8.74. The molecular weight excluding hydrogens is 275 g/mol. The van der Waals surface area contributed by atoms with Crippen LogP contribution < -0.4 is 5.32 Å². The van der Waals surface area contributed by atoms with Crippen molar-refractivity contribution < 1.29 is 0 Å². The molecule has 2 rings (SSSR count). The van der Waals surface area contributed by atoms with Gasteiger partial charge in [0.2, 0.25) is 0 Å². The maximum absolute atomic E-state index is 3.57. The number of nitrogens with one attached hydrogen (secondary N) is 1. The molecule has 1 heterocycles. The molecule has 15 heavy (non-hydrogen) atoms. The number of hydrogen-bond acceptors (Lipinski definition) is 2. The van der Waals surface area contributed by atoms with Gasteiger partial charge in [0, 0.05) is 30.1 Å². The zero-order valence-corrected chi connectivity index (χ0v) is 11.1. The Labute approximate surface area is 106 Å². The highest BCUT2D eigenvalue weighted by Crippen LogP contribution is 2.18. The summed E-state index contributed by atoms with van der Waals surface area (Å²) in [5.41, 5.74) is 1.36. The molecule has 4 heteroatoms. The molecule has 0 spiro atoms. The molecule has 1 aromatic carbocycles. The van der Waals surface area contributed by atoms with Crippen LogP contribution in [0.4, 0.5) is 0 Å². The minimum atomic E-state index is 0. The normalized spacial score (nSPS) is 15.9. The van der Waals surface area contributed by atoms with Crippen LogP contribution in [0.15, 0.2) is 28.7 Å². The number of rotatable bonds is 3. The second kappa shape index (κ2) is 5.85. The lowest BCUT2D eigenvalue weighted by Gasteiger charge is -2.35. The van der Waals surface area contributed by atoms with E-state index in [9.17, 15) is 0 Å². The minimum absolute atomic E-state index is 0. The first-order chi connectivity index (χ1) is 6.77. The van der Waals surface area contributed by atoms with Crippen LogP contribution in [0.1, 0.15) is 5.56 Å². The third-order valence-corrected chi connectivity index (χ3v) is 3.53. The summed E-state index contributed by atoms with van der Waals surface area (Å²) in [4.78, 5) is 2.40. The van der Waals surface area contributed by atoms with E-state index in [-0.39, 0.29) is 12.4 Å². The van der Waals surface area contributed by atoms with Crippen molar-refractivity contribution in [2.24, 2.45) is 0 Å². The zero-order chi connectivity index (χ0) is 9.97. The molecule has 1 N–H and O–H groups in total. The van der Waals surface area contributed by atoms with Gasteiger partial charge in [0.1, 0.15) is 0 Å². The molecule has 1 aliphatic heterocycles. The molecule has 0 amide bonds. The predicted octanol–water partition coefficient (Wildman–Crippen LogP) is 2.27. The molecule has 1 saturated heterocycles. The van der Waals surface area contributed by atoms with E-state index >= 15 is 0 Å². The Kier molecular flexibility index (Phi) is 5.06. The van der Waals surface area contributed by atoms with Crippen molar-refractivity contribution in [3.05, 3.63) is 34.3 Å². The number of benzene rings is 1. The highest BCUT2D eigenvalue weighted by atomic mass is 79.9. The fourth-order valence-electron chi connectivity index (χ4n) is 1.61. The summed E-state index contributed by atoms with van der Waals surface area (Å²) in [7, 11) is 2.19. The van der Waals surface area contributed by atoms with Gasteiger partial charge in [0.15, 0.2) is 0 Å². The van der Waals surface area contributed by atoms with E-state index in [1.54, 1.807) is 0 Å². The number of halogens is 2. The second-order valence-electron chi connectivity index (χ2n) is 3.82. The highest BCUT2D eigenvalue weighted by molar-refractivity contribution is 9.10. The molecule has 1 aromatic rings. The van der Waals surface area contributed by atoms with Gasteiger partial charge in [-0.2, -0.15) is 0 Å². The van der Waals surface area contributed by atoms with Gasteiger partial charge >= 0.3 is 0 Å². The summed E-state index contributed by atoms with van der Waals surface area (Å²) in [6, 6.07) is 9.13. The van der Waals surface area contributed by atoms with Gasteiger partial charge in [-0.3, -0.25) is 4.90 Å². The number of nitrogens with zero attached hydrogens (tertiary/aromatic N) is 1. The lowest BCUT2D eigenvalue weighted by molar-refractivity contribution is 0.173. The first kappa shape index (κ1) is 13.0. The Morgan fingerprint density at radius 3 is 2.60 bits per heavy atom. The van der Waals surface area contributed by atoms with Gasteiger partial charge < -0.3 is 5.32 Å². The van der Waals surface area contributed by atoms with Crippen LogP contribution in [0.5, 0.6) is 0 Å². The van der Waals surface area contributed by atoms with Gasteiger partial charge in [-0.15, -0.1) is 12.4 Å². The summed E-state index contributed by atoms with van der Waals surface area (Å²) in [5, 5.41) is 3.29. The molecule has 0 unspecified atom stereocenters. The summed E-state index contributed by atoms with van der Waals surface area (Å²) in [6.45, 7) is 3.27. The molecule has 84 valence electrons. The average Bonchev–Trinajstić information content (AvgIpc) is 2.05. The van der Waals surface area contributed by atoms with E-state index in [1.165, 1.54) is 10.0 Å². The Morgan fingerprint density at radius 1 is 1.40 bits per heavy atom. The number of hydrogen-bond donors (Lipinski definition) is 1. The van der Waals surface area contributed by atoms with E-state index in [2.05, 4.69) is 57.5 Å². The Morgan fingerprint density at radius 2 is 2.07 bits per heavy atom. The molecular formula is C11H16BrClN2. The summed E-state index contributed by atoms with van der Waals surface area (Å²) < 4.78 is 1.21. The summed E-state index contributed by atoms with van der Waals surface area (Å²) in [5.74, 6) is 0. The Balaban J connectivity index is 0.00000112. The van der Waals surface area contributed by atoms with Crippen molar-refractivity contribution >= 4 is 28.3 Å². The van der Waals surface area contributed by atoms with E-state index in [1.807, 2.05) is 0 Å². The SMILES string of the molecule is CN(Cc1ccccc1Br)C1CNC1.Cl. The van der Waals surface area contributed by atoms with Gasteiger partial charge in [0.05, 0.1) is 0 Å². The smallest absolute Gasteiger partial charge is 0.0345 e. The van der Waals surface area contributed by atoms with Crippen molar-refractivity contribution in [1.82, 2.24) is 10.2 Å². The molecule has 0 bridgehead atoms. The minimum Gasteiger partial charge on any atom is -0.314 e. The van der Waals surface area contributed by atoms with Crippen LogP contribution in [0.3, 0.4) is 0 Å². The molecule has 1 aliphatic rings. The quantitative estimate of drug-likeness (QED) is 0.919. The van der Waals surface area contributed by atoms with Crippen molar-refractivity contribution in [2.45, 2.75) is 12.6 Å². The maximum atomic E-state index is 3.57. The predicted molar refractivity (Wildman–Crippen MR) is 69.5 cm³/mol. The fraction of sp³-hybridized carbons (Fsp3) is 0.455. The van der Waals surface area contributed by atoms with E-state index in [0.717, 1.165) is 19.6 Å². The van der Waals surface area contributed by atoms with Crippen molar-refractivity contribution in [1.29, 1.82) is 0 Å². The Hall–Kier alpha value is -0.0900. The standard InChI is InChI=1S/C11H15BrN2.ClH/c1-14(10-6-13-7-10)8-9-4-2-3-5-11(9)12;/h2-5,10,13H,6-8H2,1H3;1H. The van der Waals surface area contributed by atoms with Crippen LogP contribution >= 0.6 is 28.3 Å². The van der Waals surface area contributed by atoms with Crippen molar-refractivity contribution in [3.63, 3.8) is 0 Å². The van der Waals surface area contributed by atoms with Crippen LogP contribution in [-0.4, -0.2) is 31.1 Å². The van der Waals surface area contributed by atoms with Crippen LogP contribution in [0, 0.1) is 0 Å². The fourth-order valence-corrected chi connectivity index (χ4v) is 2.02. The first-order valence-electron chi connectivity index (χ1n) is 4.92. The van der Waals surface area contributed by atoms with Gasteiger partial charge in [0.25, 0.3) is 0 Å². The molecule has 0 atom stereocenters. The molecule has 2 nitrogen and oxygen atoms in total. The monoisotopic (exact) mass is 290 g/mol. The van der Waals surface area contributed by atoms with Crippen molar-refractivity contribution in [3.8, 4) is 0 Å². The van der Waals surface area contributed by atoms with E-state index in [4.69, 9.17) is 0 Å². The maximum Gasteiger partial charge on any atom is 0.0345 e. The topological polar surface area (TPSA) is 15.3 Å². The van der Waals surface area contributed by atoms with Crippen molar-refractivity contribution in [2.75, 3.05) is 20.1 Å². The third kappa shape index (κ3) is 3.18. The average molecular weight is 292 g/mol. The molecule has 0 saturated carbocycles. The van der Waals surface area contributed by atoms with Gasteiger partial charge in [-0.05, 0) is 18.7 Å². The van der Waals surface area contributed by atoms with Gasteiger partial charge in [-0.1, -0.05) is 34.1 Å². The molecule has 0 aromatic heterocycles. The van der Waals surface area contributed by atoms with E-state index < -0.39 is 0 Å². The Bertz CT molecular complexity index is 315. The highest BCUT2D eigenvalue weighted by Gasteiger charge is 2.21. The lowest BCUT2D eigenvalue weighted by Crippen LogP contribution is -2.55. The molecule has 1 fully saturated rings. The summed E-state index contributed by atoms with van der Waals surface area (Å²) >= 11 is 3.57. The van der Waals surface area contributed by atoms with Gasteiger partial charge in [-0.25, -0.2) is 0 Å². The molecule has 0 radical (unpaired) electrons. The van der Waals surface area contributed by atoms with E-state index in [0.29, 0.717) is 6.04 Å². The second-order valence-corrected chi connectivity index (χ2v) is 4.67. The van der Waals surface area contributed by atoms with Crippen LogP contribution in [0.2, 0.25) is 0 Å². The molecule has 0 aliphatic carbocycles. The number of likely N-dealkylation sites (N-methyl/N-ethyl adjacent to an activating group) is 1. The van der Waals surface area contributed by atoms with Crippen LogP contribution in [0.25, 0.3) is 0 Å². The lowest BCUT2D eigenvalue weighted by atomic mass is 10.1.